The minimum absolute atomic E-state index is 1.05. The molecule has 98 valence electrons. The molecule has 0 saturated heterocycles. The predicted molar refractivity (Wildman–Crippen MR) is 80.0 cm³/mol. The van der Waals surface area contributed by atoms with Crippen molar-refractivity contribution in [2.24, 2.45) is 0 Å². The molecule has 0 radical (unpaired) electrons. The standard InChI is InChI=1S/C15H34As/c1-5-6-7-8-9-10-11-12-13-14-15-16(2,3)4/h5-15H2,1-4H3/q+1. The van der Waals surface area contributed by atoms with Crippen LogP contribution in [-0.4, -0.2) is 13.6 Å². The quantitative estimate of drug-likeness (QED) is 0.312. The summed E-state index contributed by atoms with van der Waals surface area (Å²) < 4.78 is 0. The van der Waals surface area contributed by atoms with Gasteiger partial charge < -0.3 is 0 Å². The first kappa shape index (κ1) is 16.6. The van der Waals surface area contributed by atoms with Crippen molar-refractivity contribution < 1.29 is 0 Å². The normalized spacial score (nSPS) is 12.0. The van der Waals surface area contributed by atoms with Crippen LogP contribution in [0.25, 0.3) is 0 Å². The molecule has 0 aliphatic carbocycles. The molecule has 0 unspecified atom stereocenters. The Morgan fingerprint density at radius 3 is 1.31 bits per heavy atom. The first-order valence-corrected chi connectivity index (χ1v) is 14.3. The Morgan fingerprint density at radius 1 is 0.562 bits per heavy atom. The van der Waals surface area contributed by atoms with Gasteiger partial charge in [0.1, 0.15) is 0 Å². The van der Waals surface area contributed by atoms with Crippen LogP contribution in [0.2, 0.25) is 22.3 Å². The van der Waals surface area contributed by atoms with Crippen molar-refractivity contribution >= 4 is 13.6 Å². The van der Waals surface area contributed by atoms with E-state index in [0.29, 0.717) is 0 Å². The van der Waals surface area contributed by atoms with Crippen molar-refractivity contribution in [3.63, 3.8) is 0 Å². The van der Waals surface area contributed by atoms with Crippen molar-refractivity contribution in [1.29, 1.82) is 0 Å². The van der Waals surface area contributed by atoms with Crippen LogP contribution in [-0.2, 0) is 0 Å². The maximum absolute atomic E-state index is 2.52. The van der Waals surface area contributed by atoms with E-state index in [1.165, 1.54) is 64.2 Å². The second kappa shape index (κ2) is 10.7. The molecule has 0 amide bonds. The van der Waals surface area contributed by atoms with E-state index >= 15 is 0 Å². The zero-order chi connectivity index (χ0) is 12.3. The van der Waals surface area contributed by atoms with Crippen molar-refractivity contribution in [3.05, 3.63) is 0 Å². The minimum atomic E-state index is -1.05. The van der Waals surface area contributed by atoms with Crippen LogP contribution in [0.1, 0.15) is 71.1 Å². The Kier molecular flexibility index (Phi) is 11.1. The van der Waals surface area contributed by atoms with Gasteiger partial charge in [0.15, 0.2) is 0 Å². The molecule has 0 aromatic carbocycles. The van der Waals surface area contributed by atoms with Gasteiger partial charge in [-0.1, -0.05) is 0 Å². The molecule has 0 N–H and O–H groups in total. The summed E-state index contributed by atoms with van der Waals surface area (Å²) in [5.74, 6) is 0. The van der Waals surface area contributed by atoms with Gasteiger partial charge in [0, 0.05) is 0 Å². The summed E-state index contributed by atoms with van der Waals surface area (Å²) in [6.07, 6.45) is 14.7. The van der Waals surface area contributed by atoms with Gasteiger partial charge in [-0.25, -0.2) is 0 Å². The molecule has 0 aromatic rings. The molecule has 0 aliphatic rings. The molecule has 0 atom stereocenters. The van der Waals surface area contributed by atoms with E-state index in [1.54, 1.807) is 5.21 Å². The third kappa shape index (κ3) is 14.6. The third-order valence-electron chi connectivity index (χ3n) is 3.18. The fourth-order valence-corrected chi connectivity index (χ4v) is 4.53. The van der Waals surface area contributed by atoms with Gasteiger partial charge in [0.2, 0.25) is 0 Å². The van der Waals surface area contributed by atoms with Crippen molar-refractivity contribution in [2.45, 2.75) is 93.5 Å². The van der Waals surface area contributed by atoms with Crippen LogP contribution in [0, 0.1) is 0 Å². The molecule has 0 aliphatic heterocycles. The molecule has 0 bridgehead atoms. The summed E-state index contributed by atoms with van der Waals surface area (Å²) in [6, 6.07) is 0. The topological polar surface area (TPSA) is 0 Å². The summed E-state index contributed by atoms with van der Waals surface area (Å²) >= 11 is -1.05. The van der Waals surface area contributed by atoms with E-state index in [1.807, 2.05) is 0 Å². The molecular weight excluding hydrogens is 255 g/mol. The third-order valence-corrected chi connectivity index (χ3v) is 6.66. The summed E-state index contributed by atoms with van der Waals surface area (Å²) in [7, 11) is 0. The Morgan fingerprint density at radius 2 is 0.938 bits per heavy atom. The Hall–Kier alpha value is 0.558. The van der Waals surface area contributed by atoms with E-state index in [0.717, 1.165) is 0 Å². The zero-order valence-corrected chi connectivity index (χ0v) is 14.1. The molecule has 16 heavy (non-hydrogen) atoms. The van der Waals surface area contributed by atoms with Gasteiger partial charge in [0.25, 0.3) is 0 Å². The molecule has 0 saturated carbocycles. The van der Waals surface area contributed by atoms with Crippen molar-refractivity contribution in [2.75, 3.05) is 0 Å². The summed E-state index contributed by atoms with van der Waals surface area (Å²) in [6.45, 7) is 2.29. The number of unbranched alkanes of at least 4 members (excludes halogenated alkanes) is 9. The first-order chi connectivity index (χ1) is 7.56. The average molecular weight is 289 g/mol. The first-order valence-electron chi connectivity index (χ1n) is 7.36. The fraction of sp³-hybridized carbons (Fsp3) is 1.00. The van der Waals surface area contributed by atoms with Crippen LogP contribution < -0.4 is 0 Å². The van der Waals surface area contributed by atoms with E-state index in [4.69, 9.17) is 0 Å². The molecular formula is C15H34As+. The van der Waals surface area contributed by atoms with E-state index in [9.17, 15) is 0 Å². The van der Waals surface area contributed by atoms with Gasteiger partial charge in [-0.2, -0.15) is 0 Å². The van der Waals surface area contributed by atoms with Crippen molar-refractivity contribution in [1.82, 2.24) is 0 Å². The van der Waals surface area contributed by atoms with Crippen molar-refractivity contribution in [3.8, 4) is 0 Å². The second-order valence-corrected chi connectivity index (χ2v) is 16.7. The van der Waals surface area contributed by atoms with Gasteiger partial charge in [-0.05, 0) is 0 Å². The van der Waals surface area contributed by atoms with Crippen LogP contribution in [0.3, 0.4) is 0 Å². The molecule has 0 fully saturated rings. The summed E-state index contributed by atoms with van der Waals surface area (Å²) in [4.78, 5) is 0. The molecule has 0 aromatic heterocycles. The van der Waals surface area contributed by atoms with Crippen LogP contribution >= 0.6 is 0 Å². The monoisotopic (exact) mass is 289 g/mol. The molecule has 0 spiro atoms. The molecule has 1 heteroatoms. The van der Waals surface area contributed by atoms with Gasteiger partial charge in [0.05, 0.1) is 0 Å². The molecule has 0 rings (SSSR count). The molecule has 0 heterocycles. The van der Waals surface area contributed by atoms with Crippen LogP contribution in [0.15, 0.2) is 0 Å². The number of hydrogen-bond acceptors (Lipinski definition) is 0. The Labute approximate surface area is 107 Å². The number of rotatable bonds is 11. The summed E-state index contributed by atoms with van der Waals surface area (Å²) in [5.41, 5.74) is 7.56. The van der Waals surface area contributed by atoms with Gasteiger partial charge >= 0.3 is 107 Å². The SMILES string of the molecule is CCCCCCCCCCCC[As+](C)(C)C. The van der Waals surface area contributed by atoms with E-state index < -0.39 is 13.6 Å². The van der Waals surface area contributed by atoms with Crippen LogP contribution in [0.4, 0.5) is 0 Å². The predicted octanol–water partition coefficient (Wildman–Crippen LogP) is 6.25. The maximum atomic E-state index is 2.52. The van der Waals surface area contributed by atoms with Gasteiger partial charge in [-0.15, -0.1) is 0 Å². The van der Waals surface area contributed by atoms with Gasteiger partial charge in [-0.3, -0.25) is 0 Å². The van der Waals surface area contributed by atoms with Crippen LogP contribution in [0.5, 0.6) is 0 Å². The second-order valence-electron chi connectivity index (χ2n) is 6.20. The summed E-state index contributed by atoms with van der Waals surface area (Å²) in [5, 5.41) is 1.56. The number of hydrogen-bond donors (Lipinski definition) is 0. The zero-order valence-electron chi connectivity index (χ0n) is 12.2. The van der Waals surface area contributed by atoms with E-state index in [2.05, 4.69) is 24.1 Å². The molecule has 0 nitrogen and oxygen atoms in total. The Balaban J connectivity index is 2.99. The van der Waals surface area contributed by atoms with E-state index in [-0.39, 0.29) is 0 Å². The Bertz CT molecular complexity index is 135. The average Bonchev–Trinajstić information content (AvgIpc) is 2.19. The fourth-order valence-electron chi connectivity index (χ4n) is 2.07.